The van der Waals surface area contributed by atoms with Gasteiger partial charge in [-0.1, -0.05) is 42.5 Å². The molecule has 2 nitrogen and oxygen atoms in total. The van der Waals surface area contributed by atoms with E-state index in [1.54, 1.807) is 0 Å². The summed E-state index contributed by atoms with van der Waals surface area (Å²) in [4.78, 5) is 0. The van der Waals surface area contributed by atoms with Gasteiger partial charge in [-0.05, 0) is 46.5 Å². The molecule has 3 heterocycles. The Labute approximate surface area is 155 Å². The van der Waals surface area contributed by atoms with Crippen molar-refractivity contribution in [1.29, 1.82) is 0 Å². The molecule has 0 aliphatic rings. The van der Waals surface area contributed by atoms with Gasteiger partial charge >= 0.3 is 0 Å². The molecule has 0 saturated carbocycles. The van der Waals surface area contributed by atoms with E-state index in [2.05, 4.69) is 95.0 Å². The molecule has 126 valence electrons. The standard InChI is InChI=1S/C25H16N2/c1-26-20-8-4-7-18-19-13-16-5-2-3-6-17(16)14-22(19)27-12-11-15-9-10-21(26)24(23(18)20)25(15)27/h2-14H,1H3. The lowest BCUT2D eigenvalue weighted by Gasteiger charge is -2.05. The quantitative estimate of drug-likeness (QED) is 0.298. The largest absolute Gasteiger partial charge is 0.344 e. The summed E-state index contributed by atoms with van der Waals surface area (Å²) >= 11 is 0. The van der Waals surface area contributed by atoms with Gasteiger partial charge in [-0.2, -0.15) is 0 Å². The summed E-state index contributed by atoms with van der Waals surface area (Å²) in [5.74, 6) is 0. The Morgan fingerprint density at radius 2 is 1.41 bits per heavy atom. The van der Waals surface area contributed by atoms with Gasteiger partial charge in [-0.3, -0.25) is 0 Å². The summed E-state index contributed by atoms with van der Waals surface area (Å²) in [5, 5.41) is 9.24. The van der Waals surface area contributed by atoms with E-state index in [0.29, 0.717) is 0 Å². The van der Waals surface area contributed by atoms with Crippen molar-refractivity contribution in [2.45, 2.75) is 0 Å². The first kappa shape index (κ1) is 13.7. The van der Waals surface area contributed by atoms with Crippen molar-refractivity contribution in [1.82, 2.24) is 8.97 Å². The predicted molar refractivity (Wildman–Crippen MR) is 115 cm³/mol. The van der Waals surface area contributed by atoms with Crippen LogP contribution in [0.2, 0.25) is 0 Å². The molecule has 0 saturated heterocycles. The Morgan fingerprint density at radius 1 is 0.593 bits per heavy atom. The maximum atomic E-state index is 2.39. The molecule has 7 rings (SSSR count). The van der Waals surface area contributed by atoms with Crippen LogP contribution in [0.25, 0.3) is 59.8 Å². The zero-order valence-corrected chi connectivity index (χ0v) is 14.9. The third-order valence-electron chi connectivity index (χ3n) is 6.26. The van der Waals surface area contributed by atoms with E-state index < -0.39 is 0 Å². The van der Waals surface area contributed by atoms with Crippen LogP contribution in [0.5, 0.6) is 0 Å². The second kappa shape index (κ2) is 4.41. The molecule has 2 heteroatoms. The minimum absolute atomic E-state index is 1.27. The van der Waals surface area contributed by atoms with Crippen LogP contribution in [0.4, 0.5) is 0 Å². The van der Waals surface area contributed by atoms with Crippen molar-refractivity contribution in [3.63, 3.8) is 0 Å². The average Bonchev–Trinajstić information content (AvgIpc) is 3.23. The molecule has 0 N–H and O–H groups in total. The Hall–Kier alpha value is -3.52. The summed E-state index contributed by atoms with van der Waals surface area (Å²) in [6, 6.07) is 26.8. The second-order valence-electron chi connectivity index (χ2n) is 7.56. The summed E-state index contributed by atoms with van der Waals surface area (Å²) in [6.07, 6.45) is 2.22. The van der Waals surface area contributed by atoms with Crippen LogP contribution in [0, 0.1) is 0 Å². The summed E-state index contributed by atoms with van der Waals surface area (Å²) in [7, 11) is 2.18. The molecule has 0 aliphatic carbocycles. The fourth-order valence-corrected chi connectivity index (χ4v) is 5.03. The summed E-state index contributed by atoms with van der Waals surface area (Å²) in [5.41, 5.74) is 5.17. The van der Waals surface area contributed by atoms with Crippen molar-refractivity contribution in [2.24, 2.45) is 7.05 Å². The molecular formula is C25H16N2. The van der Waals surface area contributed by atoms with Gasteiger partial charge in [-0.25, -0.2) is 0 Å². The zero-order valence-electron chi connectivity index (χ0n) is 14.9. The highest BCUT2D eigenvalue weighted by atomic mass is 15.0. The molecule has 0 fully saturated rings. The maximum Gasteiger partial charge on any atom is 0.0629 e. The molecular weight excluding hydrogens is 328 g/mol. The highest BCUT2D eigenvalue weighted by Gasteiger charge is 2.18. The lowest BCUT2D eigenvalue weighted by atomic mass is 10.0. The van der Waals surface area contributed by atoms with Gasteiger partial charge in [0.1, 0.15) is 0 Å². The third-order valence-corrected chi connectivity index (χ3v) is 6.26. The second-order valence-corrected chi connectivity index (χ2v) is 7.56. The van der Waals surface area contributed by atoms with E-state index in [1.807, 2.05) is 0 Å². The number of hydrogen-bond acceptors (Lipinski definition) is 0. The SMILES string of the molecule is Cn1c2cccc3c4cc5ccccc5cc4n4ccc5ccc1c(c32)c54. The van der Waals surface area contributed by atoms with Crippen LogP contribution in [-0.2, 0) is 7.05 Å². The molecule has 3 aromatic heterocycles. The highest BCUT2D eigenvalue weighted by molar-refractivity contribution is 6.30. The van der Waals surface area contributed by atoms with E-state index >= 15 is 0 Å². The number of aromatic nitrogens is 2. The monoisotopic (exact) mass is 344 g/mol. The molecule has 0 amide bonds. The molecule has 0 spiro atoms. The van der Waals surface area contributed by atoms with Crippen LogP contribution in [0.3, 0.4) is 0 Å². The maximum absolute atomic E-state index is 2.39. The first-order valence-electron chi connectivity index (χ1n) is 9.36. The first-order chi connectivity index (χ1) is 13.3. The van der Waals surface area contributed by atoms with E-state index in [1.165, 1.54) is 59.8 Å². The lowest BCUT2D eigenvalue weighted by Crippen LogP contribution is -1.88. The minimum Gasteiger partial charge on any atom is -0.344 e. The van der Waals surface area contributed by atoms with Gasteiger partial charge in [0.15, 0.2) is 0 Å². The number of benzene rings is 4. The predicted octanol–water partition coefficient (Wildman–Crippen LogP) is 6.48. The van der Waals surface area contributed by atoms with Crippen molar-refractivity contribution in [3.8, 4) is 0 Å². The Kier molecular flexibility index (Phi) is 2.23. The molecule has 7 aromatic rings. The summed E-state index contributed by atoms with van der Waals surface area (Å²) < 4.78 is 4.72. The van der Waals surface area contributed by atoms with Crippen molar-refractivity contribution < 1.29 is 0 Å². The Morgan fingerprint density at radius 3 is 2.30 bits per heavy atom. The van der Waals surface area contributed by atoms with Crippen molar-refractivity contribution >= 4 is 59.8 Å². The van der Waals surface area contributed by atoms with Crippen LogP contribution in [0.1, 0.15) is 0 Å². The van der Waals surface area contributed by atoms with Gasteiger partial charge in [0.25, 0.3) is 0 Å². The number of nitrogens with zero attached hydrogens (tertiary/aromatic N) is 2. The average molecular weight is 344 g/mol. The molecule has 0 radical (unpaired) electrons. The summed E-state index contributed by atoms with van der Waals surface area (Å²) in [6.45, 7) is 0. The van der Waals surface area contributed by atoms with Gasteiger partial charge in [0, 0.05) is 40.3 Å². The van der Waals surface area contributed by atoms with Crippen LogP contribution >= 0.6 is 0 Å². The molecule has 0 bridgehead atoms. The Bertz CT molecular complexity index is 1680. The smallest absolute Gasteiger partial charge is 0.0629 e. The zero-order chi connectivity index (χ0) is 17.7. The normalized spacial score (nSPS) is 12.6. The van der Waals surface area contributed by atoms with Gasteiger partial charge < -0.3 is 8.97 Å². The molecule has 0 unspecified atom stereocenters. The number of fused-ring (bicyclic) bond motifs is 4. The fourth-order valence-electron chi connectivity index (χ4n) is 5.03. The molecule has 27 heavy (non-hydrogen) atoms. The van der Waals surface area contributed by atoms with Gasteiger partial charge in [0.05, 0.1) is 16.6 Å². The van der Waals surface area contributed by atoms with E-state index in [9.17, 15) is 0 Å². The number of rotatable bonds is 0. The topological polar surface area (TPSA) is 9.34 Å². The number of aryl methyl sites for hydroxylation is 1. The van der Waals surface area contributed by atoms with E-state index in [-0.39, 0.29) is 0 Å². The molecule has 0 atom stereocenters. The van der Waals surface area contributed by atoms with E-state index in [4.69, 9.17) is 0 Å². The van der Waals surface area contributed by atoms with E-state index in [0.717, 1.165) is 0 Å². The number of hydrogen-bond donors (Lipinski definition) is 0. The highest BCUT2D eigenvalue weighted by Crippen LogP contribution is 2.41. The van der Waals surface area contributed by atoms with Gasteiger partial charge in [0.2, 0.25) is 0 Å². The van der Waals surface area contributed by atoms with Gasteiger partial charge in [-0.15, -0.1) is 0 Å². The van der Waals surface area contributed by atoms with Crippen molar-refractivity contribution in [3.05, 3.63) is 79.0 Å². The van der Waals surface area contributed by atoms with Crippen LogP contribution < -0.4 is 0 Å². The first-order valence-corrected chi connectivity index (χ1v) is 9.36. The molecule has 0 aliphatic heterocycles. The minimum atomic E-state index is 1.27. The fraction of sp³-hybridized carbons (Fsp3) is 0.0400. The Balaban J connectivity index is 1.98. The third kappa shape index (κ3) is 1.49. The van der Waals surface area contributed by atoms with Crippen LogP contribution in [0.15, 0.2) is 79.0 Å². The molecule has 4 aromatic carbocycles. The lowest BCUT2D eigenvalue weighted by molar-refractivity contribution is 1.01. The van der Waals surface area contributed by atoms with Crippen molar-refractivity contribution in [2.75, 3.05) is 0 Å². The van der Waals surface area contributed by atoms with Crippen LogP contribution in [-0.4, -0.2) is 8.97 Å².